The van der Waals surface area contributed by atoms with E-state index in [1.165, 1.54) is 0 Å². The fourth-order valence-electron chi connectivity index (χ4n) is 2.54. The summed E-state index contributed by atoms with van der Waals surface area (Å²) in [6.07, 6.45) is 3.12. The van der Waals surface area contributed by atoms with Crippen molar-refractivity contribution in [3.63, 3.8) is 0 Å². The van der Waals surface area contributed by atoms with Crippen LogP contribution in [0.4, 0.5) is 10.7 Å². The van der Waals surface area contributed by atoms with Crippen molar-refractivity contribution >= 4 is 32.0 Å². The van der Waals surface area contributed by atoms with Crippen LogP contribution >= 0.6 is 11.3 Å². The Morgan fingerprint density at radius 2 is 2.24 bits per heavy atom. The van der Waals surface area contributed by atoms with Gasteiger partial charge in [0.25, 0.3) is 0 Å². The van der Waals surface area contributed by atoms with E-state index in [1.807, 2.05) is 0 Å². The van der Waals surface area contributed by atoms with Crippen molar-refractivity contribution in [3.05, 3.63) is 16.2 Å². The van der Waals surface area contributed by atoms with Crippen LogP contribution in [0.2, 0.25) is 0 Å². The fourth-order valence-corrected chi connectivity index (χ4v) is 4.94. The number of nitro groups is 1. The maximum absolute atomic E-state index is 12.2. The molecule has 1 saturated carbocycles. The minimum absolute atomic E-state index is 0.0230. The Morgan fingerprint density at radius 3 is 2.71 bits per heavy atom. The maximum Gasteiger partial charge on any atom is 0.306 e. The van der Waals surface area contributed by atoms with Crippen LogP contribution in [0.15, 0.2) is 10.3 Å². The molecule has 1 heterocycles. The molecule has 2 atom stereocenters. The first-order valence-electron chi connectivity index (χ1n) is 6.58. The van der Waals surface area contributed by atoms with Crippen molar-refractivity contribution in [2.45, 2.75) is 30.4 Å². The molecule has 1 aromatic rings. The van der Waals surface area contributed by atoms with Gasteiger partial charge in [-0.05, 0) is 24.7 Å². The molecule has 0 aromatic carbocycles. The molecule has 21 heavy (non-hydrogen) atoms. The molecule has 1 aliphatic carbocycles. The highest BCUT2D eigenvalue weighted by molar-refractivity contribution is 7.91. The van der Waals surface area contributed by atoms with Crippen molar-refractivity contribution in [1.82, 2.24) is 4.72 Å². The number of anilines is 1. The molecular weight excluding hydrogens is 316 g/mol. The van der Waals surface area contributed by atoms with Crippen molar-refractivity contribution in [2.24, 2.45) is 17.7 Å². The van der Waals surface area contributed by atoms with Crippen LogP contribution in [0.25, 0.3) is 0 Å². The molecule has 0 radical (unpaired) electrons. The van der Waals surface area contributed by atoms with E-state index in [4.69, 9.17) is 5.84 Å². The number of sulfonamides is 1. The van der Waals surface area contributed by atoms with Gasteiger partial charge < -0.3 is 5.43 Å². The Hall–Kier alpha value is -1.23. The summed E-state index contributed by atoms with van der Waals surface area (Å²) in [6, 6.07) is 1.03. The standard InChI is InChI=1S/C11H18N4O4S2/c1-7-2-3-8(4-7)6-13-21(18,19)10-5-9(15(16)17)11(14-12)20-10/h5,7-8,13-14H,2-4,6,12H2,1H3. The molecular formula is C11H18N4O4S2. The van der Waals surface area contributed by atoms with Gasteiger partial charge in [0.15, 0.2) is 5.00 Å². The van der Waals surface area contributed by atoms with E-state index in [1.54, 1.807) is 0 Å². The number of rotatable bonds is 6. The van der Waals surface area contributed by atoms with Crippen LogP contribution < -0.4 is 16.0 Å². The zero-order valence-corrected chi connectivity index (χ0v) is 13.2. The van der Waals surface area contributed by atoms with E-state index in [0.29, 0.717) is 18.4 Å². The lowest BCUT2D eigenvalue weighted by Crippen LogP contribution is -2.28. The van der Waals surface area contributed by atoms with Gasteiger partial charge in [0.2, 0.25) is 10.0 Å². The normalized spacial score (nSPS) is 22.4. The van der Waals surface area contributed by atoms with Crippen LogP contribution in [0.3, 0.4) is 0 Å². The summed E-state index contributed by atoms with van der Waals surface area (Å²) in [5, 5.41) is 10.8. The molecule has 10 heteroatoms. The molecule has 8 nitrogen and oxygen atoms in total. The molecule has 118 valence electrons. The topological polar surface area (TPSA) is 127 Å². The Bertz CT molecular complexity index is 628. The Morgan fingerprint density at radius 1 is 1.52 bits per heavy atom. The molecule has 0 aliphatic heterocycles. The summed E-state index contributed by atoms with van der Waals surface area (Å²) in [5.41, 5.74) is 1.82. The molecule has 1 fully saturated rings. The summed E-state index contributed by atoms with van der Waals surface area (Å²) in [7, 11) is -3.74. The molecule has 0 spiro atoms. The lowest BCUT2D eigenvalue weighted by molar-refractivity contribution is -0.383. The van der Waals surface area contributed by atoms with E-state index in [0.717, 1.165) is 36.7 Å². The minimum atomic E-state index is -3.74. The number of hydrazine groups is 1. The second-order valence-corrected chi connectivity index (χ2v) is 8.36. The van der Waals surface area contributed by atoms with Gasteiger partial charge in [-0.3, -0.25) is 10.1 Å². The number of hydrogen-bond donors (Lipinski definition) is 3. The third kappa shape index (κ3) is 3.70. The molecule has 4 N–H and O–H groups in total. The molecule has 0 amide bonds. The number of nitrogens with one attached hydrogen (secondary N) is 2. The van der Waals surface area contributed by atoms with E-state index < -0.39 is 14.9 Å². The van der Waals surface area contributed by atoms with Gasteiger partial charge in [0.1, 0.15) is 4.21 Å². The van der Waals surface area contributed by atoms with Crippen molar-refractivity contribution in [3.8, 4) is 0 Å². The van der Waals surface area contributed by atoms with E-state index in [-0.39, 0.29) is 14.9 Å². The molecule has 0 bridgehead atoms. The zero-order valence-electron chi connectivity index (χ0n) is 11.5. The van der Waals surface area contributed by atoms with Gasteiger partial charge in [-0.25, -0.2) is 19.0 Å². The van der Waals surface area contributed by atoms with E-state index >= 15 is 0 Å². The third-order valence-electron chi connectivity index (χ3n) is 3.65. The van der Waals surface area contributed by atoms with Gasteiger partial charge in [-0.2, -0.15) is 0 Å². The fraction of sp³-hybridized carbons (Fsp3) is 0.636. The zero-order chi connectivity index (χ0) is 15.6. The number of nitrogen functional groups attached to an aromatic ring is 1. The Balaban J connectivity index is 2.10. The second-order valence-electron chi connectivity index (χ2n) is 5.32. The van der Waals surface area contributed by atoms with Crippen LogP contribution in [0.5, 0.6) is 0 Å². The summed E-state index contributed by atoms with van der Waals surface area (Å²) >= 11 is 0.750. The van der Waals surface area contributed by atoms with Crippen LogP contribution in [0, 0.1) is 22.0 Å². The monoisotopic (exact) mass is 334 g/mol. The lowest BCUT2D eigenvalue weighted by atomic mass is 10.1. The molecule has 2 rings (SSSR count). The Labute approximate surface area is 126 Å². The van der Waals surface area contributed by atoms with Crippen molar-refractivity contribution < 1.29 is 13.3 Å². The summed E-state index contributed by atoms with van der Waals surface area (Å²) in [4.78, 5) is 10.2. The van der Waals surface area contributed by atoms with E-state index in [2.05, 4.69) is 17.1 Å². The summed E-state index contributed by atoms with van der Waals surface area (Å²) in [5.74, 6) is 6.13. The smallest absolute Gasteiger partial charge is 0.306 e. The van der Waals surface area contributed by atoms with Gasteiger partial charge in [0.05, 0.1) is 4.92 Å². The highest BCUT2D eigenvalue weighted by atomic mass is 32.2. The largest absolute Gasteiger partial charge is 0.310 e. The number of hydrogen-bond acceptors (Lipinski definition) is 7. The van der Waals surface area contributed by atoms with Gasteiger partial charge >= 0.3 is 5.69 Å². The summed E-state index contributed by atoms with van der Waals surface area (Å²) in [6.45, 7) is 2.51. The van der Waals surface area contributed by atoms with Crippen LogP contribution in [0.1, 0.15) is 26.2 Å². The lowest BCUT2D eigenvalue weighted by Gasteiger charge is -2.10. The van der Waals surface area contributed by atoms with Gasteiger partial charge in [-0.1, -0.05) is 24.7 Å². The Kier molecular flexibility index (Phi) is 4.81. The number of nitrogens with two attached hydrogens (primary N) is 1. The number of thiophene rings is 1. The molecule has 1 aromatic heterocycles. The molecule has 0 saturated heterocycles. The number of nitrogens with zero attached hydrogens (tertiary/aromatic N) is 1. The van der Waals surface area contributed by atoms with E-state index in [9.17, 15) is 18.5 Å². The predicted octanol–water partition coefficient (Wildman–Crippen LogP) is 1.66. The first-order valence-corrected chi connectivity index (χ1v) is 8.88. The maximum atomic E-state index is 12.2. The van der Waals surface area contributed by atoms with Crippen molar-refractivity contribution in [2.75, 3.05) is 12.0 Å². The highest BCUT2D eigenvalue weighted by Gasteiger charge is 2.28. The highest BCUT2D eigenvalue weighted by Crippen LogP contribution is 2.36. The SMILES string of the molecule is CC1CCC(CNS(=O)(=O)c2cc([N+](=O)[O-])c(NN)s2)C1. The average Bonchev–Trinajstić information content (AvgIpc) is 3.02. The first kappa shape index (κ1) is 16.1. The second kappa shape index (κ2) is 6.26. The average molecular weight is 334 g/mol. The van der Waals surface area contributed by atoms with Gasteiger partial charge in [-0.15, -0.1) is 0 Å². The predicted molar refractivity (Wildman–Crippen MR) is 80.5 cm³/mol. The van der Waals surface area contributed by atoms with Gasteiger partial charge in [0, 0.05) is 12.6 Å². The third-order valence-corrected chi connectivity index (χ3v) is 6.60. The quantitative estimate of drug-likeness (QED) is 0.412. The summed E-state index contributed by atoms with van der Waals surface area (Å²) < 4.78 is 26.8. The molecule has 2 unspecified atom stereocenters. The van der Waals surface area contributed by atoms with Crippen LogP contribution in [-0.4, -0.2) is 19.9 Å². The van der Waals surface area contributed by atoms with Crippen LogP contribution in [-0.2, 0) is 10.0 Å². The minimum Gasteiger partial charge on any atom is -0.310 e. The first-order chi connectivity index (χ1) is 9.83. The van der Waals surface area contributed by atoms with Crippen molar-refractivity contribution in [1.29, 1.82) is 0 Å². The molecule has 1 aliphatic rings.